The molecule has 0 fully saturated rings. The Bertz CT molecular complexity index is 564. The van der Waals surface area contributed by atoms with Gasteiger partial charge < -0.3 is 10.4 Å². The number of hydrogen-bond donors (Lipinski definition) is 2. The molecular weight excluding hydrogens is 291 g/mol. The number of rotatable bonds is 7. The number of hydrogen-bond acceptors (Lipinski definition) is 5. The summed E-state index contributed by atoms with van der Waals surface area (Å²) < 4.78 is 24.5. The van der Waals surface area contributed by atoms with Crippen LogP contribution in [-0.4, -0.2) is 38.8 Å². The van der Waals surface area contributed by atoms with Crippen molar-refractivity contribution in [1.29, 1.82) is 0 Å². The van der Waals surface area contributed by atoms with E-state index in [9.17, 15) is 23.5 Å². The van der Waals surface area contributed by atoms with Crippen LogP contribution in [-0.2, 0) is 10.8 Å². The van der Waals surface area contributed by atoms with Crippen molar-refractivity contribution in [1.82, 2.24) is 0 Å². The highest BCUT2D eigenvalue weighted by Gasteiger charge is 2.23. The third-order valence-electron chi connectivity index (χ3n) is 2.44. The van der Waals surface area contributed by atoms with Crippen LogP contribution >= 0.6 is 0 Å². The van der Waals surface area contributed by atoms with E-state index in [1.54, 1.807) is 0 Å². The highest BCUT2D eigenvalue weighted by atomic mass is 32.2. The van der Waals surface area contributed by atoms with Crippen LogP contribution in [0.3, 0.4) is 0 Å². The normalized spacial score (nSPS) is 11.9. The van der Waals surface area contributed by atoms with E-state index in [1.165, 1.54) is 6.26 Å². The fraction of sp³-hybridized carbons (Fsp3) is 0.364. The lowest BCUT2D eigenvalue weighted by molar-refractivity contribution is -0.385. The summed E-state index contributed by atoms with van der Waals surface area (Å²) in [4.78, 5) is 20.6. The molecule has 1 aromatic carbocycles. The summed E-state index contributed by atoms with van der Waals surface area (Å²) in [5, 5.41) is 22.2. The Kier molecular flexibility index (Phi) is 5.56. The average molecular weight is 304 g/mol. The van der Waals surface area contributed by atoms with Crippen LogP contribution < -0.4 is 5.32 Å². The number of carbonyl (C=O) groups is 1. The summed E-state index contributed by atoms with van der Waals surface area (Å²) in [5.41, 5.74) is -1.51. The smallest absolute Gasteiger partial charge is 0.342 e. The molecule has 0 amide bonds. The minimum Gasteiger partial charge on any atom is -0.477 e. The molecule has 0 radical (unpaired) electrons. The molecule has 20 heavy (non-hydrogen) atoms. The summed E-state index contributed by atoms with van der Waals surface area (Å²) in [5.74, 6) is -1.98. The van der Waals surface area contributed by atoms with Crippen molar-refractivity contribution in [2.45, 2.75) is 6.42 Å². The number of nitro groups is 1. The maximum absolute atomic E-state index is 13.6. The van der Waals surface area contributed by atoms with E-state index in [-0.39, 0.29) is 12.2 Å². The maximum Gasteiger partial charge on any atom is 0.342 e. The molecule has 0 bridgehead atoms. The third kappa shape index (κ3) is 4.26. The van der Waals surface area contributed by atoms with Gasteiger partial charge in [-0.15, -0.1) is 0 Å². The molecular formula is C11H13FN2O5S. The molecule has 0 heterocycles. The van der Waals surface area contributed by atoms with Gasteiger partial charge in [-0.1, -0.05) is 0 Å². The molecule has 1 unspecified atom stereocenters. The fourth-order valence-corrected chi connectivity index (χ4v) is 2.07. The Morgan fingerprint density at radius 2 is 2.20 bits per heavy atom. The van der Waals surface area contributed by atoms with Gasteiger partial charge in [-0.3, -0.25) is 14.3 Å². The van der Waals surface area contributed by atoms with Gasteiger partial charge in [0.2, 0.25) is 0 Å². The number of anilines is 1. The molecule has 1 rings (SSSR count). The molecule has 1 aromatic rings. The van der Waals surface area contributed by atoms with Crippen molar-refractivity contribution in [3.8, 4) is 0 Å². The Labute approximate surface area is 116 Å². The predicted octanol–water partition coefficient (Wildman–Crippen LogP) is 1.61. The van der Waals surface area contributed by atoms with Crippen LogP contribution in [0.15, 0.2) is 12.1 Å². The fourth-order valence-electron chi connectivity index (χ4n) is 1.52. The zero-order chi connectivity index (χ0) is 15.3. The highest BCUT2D eigenvalue weighted by Crippen LogP contribution is 2.26. The van der Waals surface area contributed by atoms with Crippen molar-refractivity contribution in [3.63, 3.8) is 0 Å². The molecule has 0 aliphatic heterocycles. The monoisotopic (exact) mass is 304 g/mol. The summed E-state index contributed by atoms with van der Waals surface area (Å²) in [6.45, 7) is 0.285. The molecule has 110 valence electrons. The second kappa shape index (κ2) is 6.94. The molecule has 0 aliphatic carbocycles. The number of nitro benzene ring substituents is 1. The van der Waals surface area contributed by atoms with Crippen molar-refractivity contribution in [3.05, 3.63) is 33.6 Å². The van der Waals surface area contributed by atoms with Crippen LogP contribution in [0.1, 0.15) is 16.8 Å². The molecule has 2 N–H and O–H groups in total. The average Bonchev–Trinajstić information content (AvgIpc) is 2.34. The summed E-state index contributed by atoms with van der Waals surface area (Å²) in [6.07, 6.45) is 2.04. The van der Waals surface area contributed by atoms with Crippen molar-refractivity contribution in [2.24, 2.45) is 0 Å². The lowest BCUT2D eigenvalue weighted by Crippen LogP contribution is -2.10. The van der Waals surface area contributed by atoms with Crippen molar-refractivity contribution in [2.75, 3.05) is 23.9 Å². The molecule has 0 saturated carbocycles. The molecule has 7 nitrogen and oxygen atoms in total. The Hall–Kier alpha value is -2.03. The number of nitrogens with one attached hydrogen (secondary N) is 1. The van der Waals surface area contributed by atoms with E-state index in [1.807, 2.05) is 0 Å². The number of carboxylic acid groups (broad SMARTS) is 1. The molecule has 9 heteroatoms. The standard InChI is InChI=1S/C11H13FN2O5S/c1-20(19)4-2-3-13-9-5-7(11(15)16)10(14(17)18)6-8(9)12/h5-6,13H,2-4H2,1H3,(H,15,16). The van der Waals surface area contributed by atoms with Crippen LogP contribution in [0.4, 0.5) is 15.8 Å². The van der Waals surface area contributed by atoms with Gasteiger partial charge in [0, 0.05) is 29.4 Å². The first kappa shape index (κ1) is 16.0. The van der Waals surface area contributed by atoms with Gasteiger partial charge in [-0.05, 0) is 12.5 Å². The van der Waals surface area contributed by atoms with Gasteiger partial charge in [-0.25, -0.2) is 9.18 Å². The van der Waals surface area contributed by atoms with Gasteiger partial charge in [0.05, 0.1) is 16.7 Å². The molecule has 1 atom stereocenters. The number of halogens is 1. The molecule has 0 aliphatic rings. The van der Waals surface area contributed by atoms with E-state index < -0.39 is 38.8 Å². The highest BCUT2D eigenvalue weighted by molar-refractivity contribution is 7.84. The second-order valence-corrected chi connectivity index (χ2v) is 5.52. The zero-order valence-electron chi connectivity index (χ0n) is 10.6. The van der Waals surface area contributed by atoms with Gasteiger partial charge in [0.1, 0.15) is 5.56 Å². The number of nitrogens with zero attached hydrogens (tertiary/aromatic N) is 1. The van der Waals surface area contributed by atoms with Crippen LogP contribution in [0, 0.1) is 15.9 Å². The van der Waals surface area contributed by atoms with E-state index in [4.69, 9.17) is 5.11 Å². The third-order valence-corrected chi connectivity index (χ3v) is 3.30. The number of aromatic carboxylic acids is 1. The second-order valence-electron chi connectivity index (χ2n) is 3.97. The summed E-state index contributed by atoms with van der Waals surface area (Å²) in [7, 11) is -0.968. The van der Waals surface area contributed by atoms with Crippen LogP contribution in [0.2, 0.25) is 0 Å². The van der Waals surface area contributed by atoms with Crippen molar-refractivity contribution < 1.29 is 23.4 Å². The van der Waals surface area contributed by atoms with Crippen molar-refractivity contribution >= 4 is 28.1 Å². The van der Waals surface area contributed by atoms with E-state index >= 15 is 0 Å². The predicted molar refractivity (Wildman–Crippen MR) is 72.1 cm³/mol. The van der Waals surface area contributed by atoms with E-state index in [2.05, 4.69) is 5.32 Å². The van der Waals surface area contributed by atoms with E-state index in [0.29, 0.717) is 18.2 Å². The zero-order valence-corrected chi connectivity index (χ0v) is 11.4. The first-order valence-electron chi connectivity index (χ1n) is 5.58. The topological polar surface area (TPSA) is 110 Å². The molecule has 0 spiro atoms. The van der Waals surface area contributed by atoms with Gasteiger partial charge in [0.25, 0.3) is 5.69 Å². The first-order chi connectivity index (χ1) is 9.32. The number of carboxylic acids is 1. The lowest BCUT2D eigenvalue weighted by atomic mass is 10.1. The molecule has 0 saturated heterocycles. The molecule has 0 aromatic heterocycles. The minimum atomic E-state index is -1.51. The Balaban J connectivity index is 2.92. The summed E-state index contributed by atoms with van der Waals surface area (Å²) in [6, 6.07) is 1.46. The Morgan fingerprint density at radius 3 is 2.70 bits per heavy atom. The van der Waals surface area contributed by atoms with Gasteiger partial charge in [0.15, 0.2) is 5.82 Å². The largest absolute Gasteiger partial charge is 0.477 e. The van der Waals surface area contributed by atoms with E-state index in [0.717, 1.165) is 6.07 Å². The SMILES string of the molecule is CS(=O)CCCNc1cc(C(=O)O)c([N+](=O)[O-])cc1F. The van der Waals surface area contributed by atoms with Crippen LogP contribution in [0.5, 0.6) is 0 Å². The van der Waals surface area contributed by atoms with Gasteiger partial charge >= 0.3 is 5.97 Å². The van der Waals surface area contributed by atoms with Gasteiger partial charge in [-0.2, -0.15) is 0 Å². The quantitative estimate of drug-likeness (QED) is 0.450. The number of benzene rings is 1. The summed E-state index contributed by atoms with van der Waals surface area (Å²) >= 11 is 0. The lowest BCUT2D eigenvalue weighted by Gasteiger charge is -2.08. The van der Waals surface area contributed by atoms with Crippen LogP contribution in [0.25, 0.3) is 0 Å². The minimum absolute atomic E-state index is 0.130. The Morgan fingerprint density at radius 1 is 1.55 bits per heavy atom. The maximum atomic E-state index is 13.6. The first-order valence-corrected chi connectivity index (χ1v) is 7.30.